The van der Waals surface area contributed by atoms with Crippen LogP contribution in [0.25, 0.3) is 0 Å². The minimum Gasteiger partial charge on any atom is -0.378 e. The molecule has 3 atom stereocenters. The number of hydrogen-bond donors (Lipinski definition) is 1. The first kappa shape index (κ1) is 15.9. The first-order chi connectivity index (χ1) is 11.2. The van der Waals surface area contributed by atoms with Gasteiger partial charge in [0.25, 0.3) is 0 Å². The van der Waals surface area contributed by atoms with Crippen LogP contribution in [0.3, 0.4) is 0 Å². The van der Waals surface area contributed by atoms with Crippen molar-refractivity contribution in [2.75, 3.05) is 19.7 Å². The highest BCUT2D eigenvalue weighted by Crippen LogP contribution is 2.57. The van der Waals surface area contributed by atoms with Crippen molar-refractivity contribution in [2.45, 2.75) is 82.9 Å². The summed E-state index contributed by atoms with van der Waals surface area (Å²) in [6.45, 7) is 4.84. The maximum atomic E-state index is 12.6. The third-order valence-corrected chi connectivity index (χ3v) is 7.08. The Bertz CT molecular complexity index is 443. The van der Waals surface area contributed by atoms with E-state index in [1.165, 1.54) is 38.5 Å². The highest BCUT2D eigenvalue weighted by Gasteiger charge is 2.59. The van der Waals surface area contributed by atoms with E-state index in [0.717, 1.165) is 39.0 Å². The molecule has 4 rings (SSSR count). The van der Waals surface area contributed by atoms with Crippen LogP contribution >= 0.6 is 0 Å². The second kappa shape index (κ2) is 6.36. The summed E-state index contributed by atoms with van der Waals surface area (Å²) in [6.07, 6.45) is 11.5. The molecule has 4 nitrogen and oxygen atoms in total. The second-order valence-electron chi connectivity index (χ2n) is 8.24. The molecule has 0 unspecified atom stereocenters. The molecule has 1 heterocycles. The van der Waals surface area contributed by atoms with Crippen molar-refractivity contribution in [3.63, 3.8) is 0 Å². The number of hydrogen-bond acceptors (Lipinski definition) is 3. The number of likely N-dealkylation sites (tertiary alicyclic amines) is 1. The van der Waals surface area contributed by atoms with Crippen LogP contribution in [0.5, 0.6) is 0 Å². The molecule has 0 bridgehead atoms. The van der Waals surface area contributed by atoms with E-state index in [4.69, 9.17) is 4.74 Å². The third-order valence-electron chi connectivity index (χ3n) is 7.08. The fraction of sp³-hybridized carbons (Fsp3) is 0.947. The van der Waals surface area contributed by atoms with Crippen LogP contribution in [0.1, 0.15) is 64.7 Å². The zero-order chi connectivity index (χ0) is 15.9. The van der Waals surface area contributed by atoms with Crippen molar-refractivity contribution in [2.24, 2.45) is 11.3 Å². The van der Waals surface area contributed by atoms with Gasteiger partial charge in [-0.2, -0.15) is 0 Å². The molecule has 1 spiro atoms. The number of carbonyl (C=O) groups is 1. The van der Waals surface area contributed by atoms with Gasteiger partial charge in [0.15, 0.2) is 0 Å². The molecule has 1 amide bonds. The van der Waals surface area contributed by atoms with Gasteiger partial charge in [-0.3, -0.25) is 4.79 Å². The summed E-state index contributed by atoms with van der Waals surface area (Å²) in [5.41, 5.74) is 0.429. The van der Waals surface area contributed by atoms with E-state index in [-0.39, 0.29) is 0 Å². The van der Waals surface area contributed by atoms with Gasteiger partial charge in [0.1, 0.15) is 0 Å². The van der Waals surface area contributed by atoms with Gasteiger partial charge in [-0.25, -0.2) is 0 Å². The van der Waals surface area contributed by atoms with Gasteiger partial charge in [0, 0.05) is 43.1 Å². The number of ether oxygens (including phenoxy) is 1. The predicted octanol–water partition coefficient (Wildman–Crippen LogP) is 2.71. The molecule has 3 aliphatic carbocycles. The molecule has 1 aliphatic heterocycles. The number of amides is 1. The van der Waals surface area contributed by atoms with E-state index in [1.54, 1.807) is 0 Å². The average Bonchev–Trinajstić information content (AvgIpc) is 3.15. The minimum absolute atomic E-state index is 0.331. The molecule has 3 saturated carbocycles. The number of nitrogens with one attached hydrogen (secondary N) is 1. The monoisotopic (exact) mass is 320 g/mol. The summed E-state index contributed by atoms with van der Waals surface area (Å²) < 4.78 is 5.95. The van der Waals surface area contributed by atoms with Gasteiger partial charge in [-0.05, 0) is 45.4 Å². The quantitative estimate of drug-likeness (QED) is 0.847. The minimum atomic E-state index is 0.331. The van der Waals surface area contributed by atoms with E-state index in [1.807, 2.05) is 0 Å². The van der Waals surface area contributed by atoms with Gasteiger partial charge >= 0.3 is 0 Å². The third kappa shape index (κ3) is 2.72. The highest BCUT2D eigenvalue weighted by atomic mass is 16.5. The fourth-order valence-electron chi connectivity index (χ4n) is 5.48. The molecule has 4 fully saturated rings. The van der Waals surface area contributed by atoms with Gasteiger partial charge < -0.3 is 15.0 Å². The summed E-state index contributed by atoms with van der Waals surface area (Å²) >= 11 is 0. The molecule has 130 valence electrons. The summed E-state index contributed by atoms with van der Waals surface area (Å²) in [5, 5.41) is 3.90. The second-order valence-corrected chi connectivity index (χ2v) is 8.24. The lowest BCUT2D eigenvalue weighted by atomic mass is 9.51. The first-order valence-corrected chi connectivity index (χ1v) is 9.89. The Morgan fingerprint density at radius 3 is 2.65 bits per heavy atom. The standard InChI is InChI=1S/C19H32N2O2/c1-2-23-17-12-16(19(17)9-5-10-19)20-15-8-11-21(13-15)18(22)14-6-3-4-7-14/h14-17,20H,2-13H2,1H3/t15-,16-,17-/m1/s1. The van der Waals surface area contributed by atoms with E-state index >= 15 is 0 Å². The van der Waals surface area contributed by atoms with E-state index < -0.39 is 0 Å². The fourth-order valence-corrected chi connectivity index (χ4v) is 5.48. The summed E-state index contributed by atoms with van der Waals surface area (Å²) in [6, 6.07) is 1.13. The van der Waals surface area contributed by atoms with Crippen LogP contribution in [0.2, 0.25) is 0 Å². The Kier molecular flexibility index (Phi) is 4.39. The smallest absolute Gasteiger partial charge is 0.225 e. The van der Waals surface area contributed by atoms with E-state index in [9.17, 15) is 4.79 Å². The maximum Gasteiger partial charge on any atom is 0.225 e. The zero-order valence-electron chi connectivity index (χ0n) is 14.6. The van der Waals surface area contributed by atoms with Gasteiger partial charge in [0.2, 0.25) is 5.91 Å². The van der Waals surface area contributed by atoms with Crippen molar-refractivity contribution in [1.29, 1.82) is 0 Å². The molecule has 4 aliphatic rings. The van der Waals surface area contributed by atoms with Gasteiger partial charge in [-0.1, -0.05) is 19.3 Å². The van der Waals surface area contributed by atoms with Crippen LogP contribution in [0, 0.1) is 11.3 Å². The summed E-state index contributed by atoms with van der Waals surface area (Å²) in [4.78, 5) is 14.7. The van der Waals surface area contributed by atoms with Crippen molar-refractivity contribution in [3.05, 3.63) is 0 Å². The molecule has 0 radical (unpaired) electrons. The molecule has 1 saturated heterocycles. The lowest BCUT2D eigenvalue weighted by molar-refractivity contribution is -0.174. The van der Waals surface area contributed by atoms with E-state index in [2.05, 4.69) is 17.1 Å². The van der Waals surface area contributed by atoms with Gasteiger partial charge in [0.05, 0.1) is 6.10 Å². The molecule has 0 aromatic heterocycles. The summed E-state index contributed by atoms with van der Waals surface area (Å²) in [5.74, 6) is 0.767. The van der Waals surface area contributed by atoms with Crippen LogP contribution in [-0.2, 0) is 9.53 Å². The molecular formula is C19H32N2O2. The van der Waals surface area contributed by atoms with Crippen molar-refractivity contribution >= 4 is 5.91 Å². The van der Waals surface area contributed by atoms with Crippen LogP contribution in [0.15, 0.2) is 0 Å². The van der Waals surface area contributed by atoms with Crippen LogP contribution < -0.4 is 5.32 Å². The molecule has 23 heavy (non-hydrogen) atoms. The zero-order valence-corrected chi connectivity index (χ0v) is 14.6. The number of rotatable bonds is 5. The maximum absolute atomic E-state index is 12.6. The Labute approximate surface area is 140 Å². The van der Waals surface area contributed by atoms with E-state index in [0.29, 0.717) is 35.4 Å². The predicted molar refractivity (Wildman–Crippen MR) is 90.2 cm³/mol. The first-order valence-electron chi connectivity index (χ1n) is 9.89. The Hall–Kier alpha value is -0.610. The summed E-state index contributed by atoms with van der Waals surface area (Å²) in [7, 11) is 0. The Morgan fingerprint density at radius 1 is 1.22 bits per heavy atom. The SMILES string of the molecule is CCO[C@@H]1C[C@@H](N[C@@H]2CCN(C(=O)C3CCCC3)C2)C12CCC2. The molecule has 0 aromatic rings. The van der Waals surface area contributed by atoms with Crippen molar-refractivity contribution in [3.8, 4) is 0 Å². The average molecular weight is 320 g/mol. The van der Waals surface area contributed by atoms with Crippen molar-refractivity contribution in [1.82, 2.24) is 10.2 Å². The van der Waals surface area contributed by atoms with Crippen LogP contribution in [0.4, 0.5) is 0 Å². The molecule has 4 heteroatoms. The molecule has 1 N–H and O–H groups in total. The Morgan fingerprint density at radius 2 is 2.00 bits per heavy atom. The lowest BCUT2D eigenvalue weighted by Crippen LogP contribution is -2.68. The number of carbonyl (C=O) groups excluding carboxylic acids is 1. The van der Waals surface area contributed by atoms with Crippen molar-refractivity contribution < 1.29 is 9.53 Å². The lowest BCUT2D eigenvalue weighted by Gasteiger charge is -2.61. The highest BCUT2D eigenvalue weighted by molar-refractivity contribution is 5.79. The Balaban J connectivity index is 1.28. The largest absolute Gasteiger partial charge is 0.378 e. The topological polar surface area (TPSA) is 41.6 Å². The molecule has 0 aromatic carbocycles. The number of nitrogens with zero attached hydrogens (tertiary/aromatic N) is 1. The normalized spacial score (nSPS) is 36.2. The molecular weight excluding hydrogens is 288 g/mol. The van der Waals surface area contributed by atoms with Gasteiger partial charge in [-0.15, -0.1) is 0 Å². The van der Waals surface area contributed by atoms with Crippen LogP contribution in [-0.4, -0.2) is 48.7 Å².